The van der Waals surface area contributed by atoms with Crippen molar-refractivity contribution in [1.82, 2.24) is 24.9 Å². The minimum atomic E-state index is 0.627. The van der Waals surface area contributed by atoms with Gasteiger partial charge in [-0.25, -0.2) is 0 Å². The maximum atomic E-state index is 5.14. The van der Waals surface area contributed by atoms with Crippen molar-refractivity contribution in [1.29, 1.82) is 0 Å². The van der Waals surface area contributed by atoms with Gasteiger partial charge >= 0.3 is 0 Å². The zero-order valence-corrected chi connectivity index (χ0v) is 10.0. The fraction of sp³-hybridized carbons (Fsp3) is 0.556. The molecule has 0 saturated heterocycles. The van der Waals surface area contributed by atoms with Crippen LogP contribution in [0.1, 0.15) is 24.5 Å². The van der Waals surface area contributed by atoms with Gasteiger partial charge in [-0.05, 0) is 19.1 Å². The molecule has 2 aromatic rings. The minimum Gasteiger partial charge on any atom is -0.339 e. The molecule has 86 valence electrons. The summed E-state index contributed by atoms with van der Waals surface area (Å²) in [5.74, 6) is 2.23. The van der Waals surface area contributed by atoms with Crippen LogP contribution in [0.15, 0.2) is 4.52 Å². The third-order valence-electron chi connectivity index (χ3n) is 2.27. The van der Waals surface area contributed by atoms with Crippen molar-refractivity contribution in [3.05, 3.63) is 22.3 Å². The van der Waals surface area contributed by atoms with Gasteiger partial charge in [-0.2, -0.15) is 10.1 Å². The number of aromatic nitrogens is 5. The van der Waals surface area contributed by atoms with E-state index in [1.165, 1.54) is 0 Å². The van der Waals surface area contributed by atoms with Crippen LogP contribution < -0.4 is 0 Å². The largest absolute Gasteiger partial charge is 0.339 e. The van der Waals surface area contributed by atoms with Crippen LogP contribution in [-0.4, -0.2) is 24.9 Å². The van der Waals surface area contributed by atoms with E-state index in [0.29, 0.717) is 29.5 Å². The van der Waals surface area contributed by atoms with Crippen molar-refractivity contribution in [3.8, 4) is 0 Å². The number of hydrogen-bond acceptors (Lipinski definition) is 5. The molecule has 0 aliphatic rings. The Labute approximate surface area is 97.7 Å². The van der Waals surface area contributed by atoms with Crippen LogP contribution in [0.3, 0.4) is 0 Å². The summed E-state index contributed by atoms with van der Waals surface area (Å²) in [6.07, 6.45) is 1.51. The van der Waals surface area contributed by atoms with Crippen molar-refractivity contribution >= 4 is 12.2 Å². The Hall–Kier alpha value is -1.50. The first-order chi connectivity index (χ1) is 7.70. The number of nitrogens with zero attached hydrogens (tertiary/aromatic N) is 4. The second kappa shape index (κ2) is 4.56. The Morgan fingerprint density at radius 1 is 1.50 bits per heavy atom. The molecule has 0 aliphatic heterocycles. The Morgan fingerprint density at radius 3 is 2.94 bits per heavy atom. The average Bonchev–Trinajstić information content (AvgIpc) is 2.82. The molecule has 0 spiro atoms. The molecule has 0 aliphatic carbocycles. The molecule has 2 rings (SSSR count). The molecule has 0 saturated carbocycles. The van der Waals surface area contributed by atoms with Crippen LogP contribution in [0.2, 0.25) is 0 Å². The average molecular weight is 239 g/mol. The number of hydrogen-bond donors (Lipinski definition) is 1. The molecule has 0 bridgehead atoms. The maximum Gasteiger partial charge on any atom is 0.228 e. The summed E-state index contributed by atoms with van der Waals surface area (Å²) < 4.78 is 7.62. The van der Waals surface area contributed by atoms with Crippen LogP contribution >= 0.6 is 12.2 Å². The van der Waals surface area contributed by atoms with Crippen molar-refractivity contribution < 1.29 is 4.52 Å². The highest BCUT2D eigenvalue weighted by atomic mass is 32.1. The van der Waals surface area contributed by atoms with Crippen molar-refractivity contribution in [2.45, 2.75) is 33.2 Å². The van der Waals surface area contributed by atoms with Gasteiger partial charge in [0.25, 0.3) is 0 Å². The number of aryl methyl sites for hydroxylation is 3. The molecular formula is C9H13N5OS. The van der Waals surface area contributed by atoms with E-state index in [1.807, 2.05) is 11.5 Å². The third kappa shape index (κ3) is 2.19. The lowest BCUT2D eigenvalue weighted by Gasteiger charge is -2.01. The Morgan fingerprint density at radius 2 is 2.31 bits per heavy atom. The fourth-order valence-corrected chi connectivity index (χ4v) is 1.74. The zero-order valence-electron chi connectivity index (χ0n) is 9.23. The summed E-state index contributed by atoms with van der Waals surface area (Å²) in [7, 11) is 0. The molecule has 0 unspecified atom stereocenters. The van der Waals surface area contributed by atoms with Crippen molar-refractivity contribution in [2.24, 2.45) is 0 Å². The van der Waals surface area contributed by atoms with Gasteiger partial charge in [0.2, 0.25) is 5.89 Å². The second-order valence-electron chi connectivity index (χ2n) is 3.44. The quantitative estimate of drug-likeness (QED) is 0.817. The summed E-state index contributed by atoms with van der Waals surface area (Å²) in [5.41, 5.74) is 0. The maximum absolute atomic E-state index is 5.14. The summed E-state index contributed by atoms with van der Waals surface area (Å²) in [5, 5.41) is 10.6. The Balaban J connectivity index is 2.09. The van der Waals surface area contributed by atoms with Crippen LogP contribution in [0.4, 0.5) is 0 Å². The first-order valence-corrected chi connectivity index (χ1v) is 5.54. The standard InChI is InChI=1S/C9H13N5OS/c1-3-7-11-12-9(16)14(7)5-4-8-10-6(2)13-15-8/h3-5H2,1-2H3,(H,12,16). The van der Waals surface area contributed by atoms with Gasteiger partial charge in [-0.3, -0.25) is 5.10 Å². The summed E-state index contributed by atoms with van der Waals surface area (Å²) >= 11 is 5.14. The third-order valence-corrected chi connectivity index (χ3v) is 2.58. The highest BCUT2D eigenvalue weighted by molar-refractivity contribution is 7.71. The molecule has 0 amide bonds. The zero-order chi connectivity index (χ0) is 11.5. The van der Waals surface area contributed by atoms with Gasteiger partial charge in [0.1, 0.15) is 5.82 Å². The van der Waals surface area contributed by atoms with Gasteiger partial charge < -0.3 is 9.09 Å². The van der Waals surface area contributed by atoms with Gasteiger partial charge in [0, 0.05) is 19.4 Å². The monoisotopic (exact) mass is 239 g/mol. The molecule has 1 N–H and O–H groups in total. The topological polar surface area (TPSA) is 72.5 Å². The van der Waals surface area contributed by atoms with E-state index in [2.05, 4.69) is 20.3 Å². The Bertz CT molecular complexity index is 526. The lowest BCUT2D eigenvalue weighted by molar-refractivity contribution is 0.367. The SMILES string of the molecule is CCc1n[nH]c(=S)n1CCc1nc(C)no1. The molecule has 0 radical (unpaired) electrons. The molecule has 6 nitrogen and oxygen atoms in total. The lowest BCUT2D eigenvalue weighted by Crippen LogP contribution is -2.06. The molecular weight excluding hydrogens is 226 g/mol. The summed E-state index contributed by atoms with van der Waals surface area (Å²) in [6, 6.07) is 0. The highest BCUT2D eigenvalue weighted by Crippen LogP contribution is 2.03. The number of H-pyrrole nitrogens is 1. The predicted molar refractivity (Wildman–Crippen MR) is 59.5 cm³/mol. The normalized spacial score (nSPS) is 10.9. The molecule has 0 fully saturated rings. The second-order valence-corrected chi connectivity index (χ2v) is 3.82. The van der Waals surface area contributed by atoms with Crippen LogP contribution in [0.5, 0.6) is 0 Å². The number of nitrogens with one attached hydrogen (secondary N) is 1. The van der Waals surface area contributed by atoms with E-state index in [-0.39, 0.29) is 0 Å². The van der Waals surface area contributed by atoms with E-state index in [4.69, 9.17) is 16.7 Å². The van der Waals surface area contributed by atoms with E-state index >= 15 is 0 Å². The molecule has 16 heavy (non-hydrogen) atoms. The number of aromatic amines is 1. The lowest BCUT2D eigenvalue weighted by atomic mass is 10.4. The van der Waals surface area contributed by atoms with Gasteiger partial charge in [-0.15, -0.1) is 0 Å². The van der Waals surface area contributed by atoms with Crippen molar-refractivity contribution in [2.75, 3.05) is 0 Å². The van der Waals surface area contributed by atoms with E-state index in [1.54, 1.807) is 6.92 Å². The molecule has 7 heteroatoms. The summed E-state index contributed by atoms with van der Waals surface area (Å²) in [4.78, 5) is 4.14. The molecule has 2 heterocycles. The van der Waals surface area contributed by atoms with Gasteiger partial charge in [-0.1, -0.05) is 12.1 Å². The van der Waals surface area contributed by atoms with E-state index in [9.17, 15) is 0 Å². The van der Waals surface area contributed by atoms with Crippen LogP contribution in [0, 0.1) is 11.7 Å². The Kier molecular flexibility index (Phi) is 3.14. The first-order valence-electron chi connectivity index (χ1n) is 5.14. The number of rotatable bonds is 4. The fourth-order valence-electron chi connectivity index (χ4n) is 1.50. The summed E-state index contributed by atoms with van der Waals surface area (Å²) in [6.45, 7) is 4.55. The molecule has 0 atom stereocenters. The van der Waals surface area contributed by atoms with E-state index in [0.717, 1.165) is 12.2 Å². The van der Waals surface area contributed by atoms with E-state index < -0.39 is 0 Å². The minimum absolute atomic E-state index is 0.627. The van der Waals surface area contributed by atoms with Crippen LogP contribution in [0.25, 0.3) is 0 Å². The first kappa shape index (κ1) is 11.0. The smallest absolute Gasteiger partial charge is 0.228 e. The highest BCUT2D eigenvalue weighted by Gasteiger charge is 2.07. The molecule has 2 aromatic heterocycles. The van der Waals surface area contributed by atoms with Gasteiger partial charge in [0.15, 0.2) is 10.6 Å². The molecule has 0 aromatic carbocycles. The predicted octanol–water partition coefficient (Wildman–Crippen LogP) is 1.44. The van der Waals surface area contributed by atoms with Crippen LogP contribution in [-0.2, 0) is 19.4 Å². The van der Waals surface area contributed by atoms with Crippen molar-refractivity contribution in [3.63, 3.8) is 0 Å². The van der Waals surface area contributed by atoms with Gasteiger partial charge in [0.05, 0.1) is 0 Å².